The minimum absolute atomic E-state index is 0.00909. The van der Waals surface area contributed by atoms with Crippen LogP contribution in [0.4, 0.5) is 5.13 Å². The minimum Gasteiger partial charge on any atom is -0.503 e. The topological polar surface area (TPSA) is 121 Å². The molecular formula is C27H24N2O8S. The van der Waals surface area contributed by atoms with Gasteiger partial charge in [-0.2, -0.15) is 0 Å². The number of carbonyl (C=O) groups excluding carboxylic acids is 2. The molecule has 1 amide bonds. The molecule has 0 spiro atoms. The lowest BCUT2D eigenvalue weighted by Gasteiger charge is -2.25. The smallest absolute Gasteiger partial charge is 0.296 e. The Morgan fingerprint density at radius 1 is 1.00 bits per heavy atom. The summed E-state index contributed by atoms with van der Waals surface area (Å²) in [5.41, 5.74) is 0.902. The van der Waals surface area contributed by atoms with Crippen LogP contribution in [0.15, 0.2) is 58.2 Å². The molecule has 196 valence electrons. The highest BCUT2D eigenvalue weighted by Crippen LogP contribution is 2.48. The summed E-state index contributed by atoms with van der Waals surface area (Å²) >= 11 is 1.22. The van der Waals surface area contributed by atoms with E-state index in [1.807, 2.05) is 0 Å². The number of furan rings is 1. The molecule has 0 aliphatic carbocycles. The molecule has 1 aliphatic heterocycles. The average Bonchev–Trinajstić information content (AvgIpc) is 3.62. The van der Waals surface area contributed by atoms with Crippen molar-refractivity contribution in [3.63, 3.8) is 0 Å². The first-order valence-corrected chi connectivity index (χ1v) is 12.2. The van der Waals surface area contributed by atoms with Crippen molar-refractivity contribution in [2.24, 2.45) is 0 Å². The Hall–Kier alpha value is -4.51. The fraction of sp³-hybridized carbons (Fsp3) is 0.222. The van der Waals surface area contributed by atoms with Crippen LogP contribution in [0.5, 0.6) is 23.0 Å². The Morgan fingerprint density at radius 2 is 1.71 bits per heavy atom. The van der Waals surface area contributed by atoms with E-state index in [0.717, 1.165) is 4.70 Å². The predicted molar refractivity (Wildman–Crippen MR) is 140 cm³/mol. The maximum Gasteiger partial charge on any atom is 0.296 e. The van der Waals surface area contributed by atoms with Crippen LogP contribution in [0, 0.1) is 6.92 Å². The molecule has 4 aromatic rings. The summed E-state index contributed by atoms with van der Waals surface area (Å²) < 4.78 is 28.1. The van der Waals surface area contributed by atoms with Gasteiger partial charge in [0, 0.05) is 0 Å². The first kappa shape index (κ1) is 25.2. The standard InChI is InChI=1S/C27H24N2O8S/c1-13-6-9-17(37-13)23(30)21-22(14-10-18(34-3)25(36-5)19(11-14)35-4)29(26(32)24(21)31)27-28-16-8-7-15(33-2)12-20(16)38-27/h6-12,22,31H,1-5H3. The summed E-state index contributed by atoms with van der Waals surface area (Å²) in [6, 6.07) is 10.7. The number of methoxy groups -OCH3 is 4. The molecule has 1 unspecified atom stereocenters. The summed E-state index contributed by atoms with van der Waals surface area (Å²) in [7, 11) is 5.96. The van der Waals surface area contributed by atoms with Gasteiger partial charge in [0.25, 0.3) is 5.91 Å². The molecule has 0 fully saturated rings. The quantitative estimate of drug-likeness (QED) is 0.310. The molecule has 1 atom stereocenters. The van der Waals surface area contributed by atoms with E-state index in [1.165, 1.54) is 43.6 Å². The Balaban J connectivity index is 1.73. The number of Topliss-reactive ketones (excluding diaryl/α,β-unsaturated/α-hetero) is 1. The zero-order valence-corrected chi connectivity index (χ0v) is 22.0. The SMILES string of the molecule is COc1ccc2nc(N3C(=O)C(O)=C(C(=O)c4ccc(C)o4)C3c3cc(OC)c(OC)c(OC)c3)sc2c1. The van der Waals surface area contributed by atoms with Gasteiger partial charge < -0.3 is 28.5 Å². The number of aryl methyl sites for hydroxylation is 1. The van der Waals surface area contributed by atoms with Crippen LogP contribution in [0.25, 0.3) is 10.2 Å². The molecule has 0 bridgehead atoms. The molecule has 0 saturated heterocycles. The summed E-state index contributed by atoms with van der Waals surface area (Å²) in [5.74, 6) is 0.00000833. The van der Waals surface area contributed by atoms with E-state index >= 15 is 0 Å². The fourth-order valence-corrected chi connectivity index (χ4v) is 5.44. The summed E-state index contributed by atoms with van der Waals surface area (Å²) in [6.45, 7) is 1.70. The number of amides is 1. The number of fused-ring (bicyclic) bond motifs is 1. The Labute approximate surface area is 221 Å². The molecular weight excluding hydrogens is 512 g/mol. The van der Waals surface area contributed by atoms with Crippen LogP contribution in [-0.4, -0.2) is 50.2 Å². The highest BCUT2D eigenvalue weighted by Gasteiger charge is 2.47. The number of rotatable bonds is 8. The Kier molecular flexibility index (Phi) is 6.45. The van der Waals surface area contributed by atoms with E-state index in [4.69, 9.17) is 23.4 Å². The van der Waals surface area contributed by atoms with Crippen molar-refractivity contribution in [1.82, 2.24) is 4.98 Å². The van der Waals surface area contributed by atoms with E-state index in [2.05, 4.69) is 4.98 Å². The Morgan fingerprint density at radius 3 is 2.29 bits per heavy atom. The van der Waals surface area contributed by atoms with E-state index in [0.29, 0.717) is 39.8 Å². The molecule has 0 saturated carbocycles. The summed E-state index contributed by atoms with van der Waals surface area (Å²) in [6.07, 6.45) is 0. The van der Waals surface area contributed by atoms with E-state index < -0.39 is 23.5 Å². The molecule has 1 aliphatic rings. The number of aromatic nitrogens is 1. The lowest BCUT2D eigenvalue weighted by atomic mass is 9.94. The molecule has 10 nitrogen and oxygen atoms in total. The van der Waals surface area contributed by atoms with Crippen LogP contribution in [0.2, 0.25) is 0 Å². The third-order valence-electron chi connectivity index (χ3n) is 6.21. The average molecular weight is 537 g/mol. The fourth-order valence-electron chi connectivity index (χ4n) is 4.42. The number of carbonyl (C=O) groups is 2. The third-order valence-corrected chi connectivity index (χ3v) is 7.23. The molecule has 2 aromatic heterocycles. The van der Waals surface area contributed by atoms with Gasteiger partial charge in [-0.1, -0.05) is 11.3 Å². The minimum atomic E-state index is -1.07. The van der Waals surface area contributed by atoms with Crippen LogP contribution in [-0.2, 0) is 4.79 Å². The predicted octanol–water partition coefficient (Wildman–Crippen LogP) is 5.02. The number of thiazole rings is 1. The monoisotopic (exact) mass is 536 g/mol. The number of hydrogen-bond donors (Lipinski definition) is 1. The lowest BCUT2D eigenvalue weighted by molar-refractivity contribution is -0.117. The van der Waals surface area contributed by atoms with Crippen LogP contribution in [0.3, 0.4) is 0 Å². The first-order valence-electron chi connectivity index (χ1n) is 11.4. The number of nitrogens with zero attached hydrogens (tertiary/aromatic N) is 2. The number of anilines is 1. The van der Waals surface area contributed by atoms with Crippen LogP contribution in [0.1, 0.15) is 27.9 Å². The number of benzene rings is 2. The molecule has 11 heteroatoms. The van der Waals surface area contributed by atoms with Crippen molar-refractivity contribution in [1.29, 1.82) is 0 Å². The second-order valence-corrected chi connectivity index (χ2v) is 9.38. The normalized spacial score (nSPS) is 15.3. The number of hydrogen-bond acceptors (Lipinski definition) is 10. The number of ketones is 1. The third kappa shape index (κ3) is 4.01. The molecule has 0 radical (unpaired) electrons. The second-order valence-electron chi connectivity index (χ2n) is 8.37. The maximum absolute atomic E-state index is 13.7. The van der Waals surface area contributed by atoms with Crippen LogP contribution < -0.4 is 23.8 Å². The number of aliphatic hydroxyl groups is 1. The van der Waals surface area contributed by atoms with Crippen molar-refractivity contribution in [3.8, 4) is 23.0 Å². The molecule has 5 rings (SSSR count). The van der Waals surface area contributed by atoms with Gasteiger partial charge in [-0.25, -0.2) is 4.98 Å². The van der Waals surface area contributed by atoms with E-state index in [1.54, 1.807) is 50.4 Å². The van der Waals surface area contributed by atoms with Gasteiger partial charge in [0.1, 0.15) is 11.5 Å². The number of ether oxygens (including phenoxy) is 4. The van der Waals surface area contributed by atoms with Gasteiger partial charge in [0.05, 0.1) is 50.3 Å². The maximum atomic E-state index is 13.7. The zero-order valence-electron chi connectivity index (χ0n) is 21.2. The van der Waals surface area contributed by atoms with Gasteiger partial charge in [-0.05, 0) is 55.0 Å². The van der Waals surface area contributed by atoms with Crippen molar-refractivity contribution >= 4 is 38.4 Å². The number of aliphatic hydroxyl groups excluding tert-OH is 1. The first-order chi connectivity index (χ1) is 18.3. The highest BCUT2D eigenvalue weighted by atomic mass is 32.1. The summed E-state index contributed by atoms with van der Waals surface area (Å²) in [5, 5.41) is 11.3. The van der Waals surface area contributed by atoms with E-state index in [-0.39, 0.29) is 16.5 Å². The molecule has 2 aromatic carbocycles. The van der Waals surface area contributed by atoms with Crippen molar-refractivity contribution in [2.75, 3.05) is 33.3 Å². The molecule has 3 heterocycles. The Bertz CT molecular complexity index is 1580. The van der Waals surface area contributed by atoms with Crippen molar-refractivity contribution in [3.05, 3.63) is 70.9 Å². The van der Waals surface area contributed by atoms with Gasteiger partial charge in [-0.15, -0.1) is 0 Å². The molecule has 38 heavy (non-hydrogen) atoms. The van der Waals surface area contributed by atoms with Gasteiger partial charge >= 0.3 is 0 Å². The van der Waals surface area contributed by atoms with Gasteiger partial charge in [0.15, 0.2) is 28.1 Å². The van der Waals surface area contributed by atoms with E-state index in [9.17, 15) is 14.7 Å². The highest BCUT2D eigenvalue weighted by molar-refractivity contribution is 7.22. The summed E-state index contributed by atoms with van der Waals surface area (Å²) in [4.78, 5) is 33.1. The van der Waals surface area contributed by atoms with Gasteiger partial charge in [-0.3, -0.25) is 14.5 Å². The molecule has 1 N–H and O–H groups in total. The lowest BCUT2D eigenvalue weighted by Crippen LogP contribution is -2.31. The zero-order chi connectivity index (χ0) is 27.1. The van der Waals surface area contributed by atoms with Crippen LogP contribution >= 0.6 is 11.3 Å². The second kappa shape index (κ2) is 9.75. The van der Waals surface area contributed by atoms with Crippen molar-refractivity contribution < 1.29 is 38.1 Å². The van der Waals surface area contributed by atoms with Gasteiger partial charge in [0.2, 0.25) is 11.5 Å². The largest absolute Gasteiger partial charge is 0.503 e. The van der Waals surface area contributed by atoms with Crippen molar-refractivity contribution in [2.45, 2.75) is 13.0 Å².